The molecule has 0 unspecified atom stereocenters. The van der Waals surface area contributed by atoms with Gasteiger partial charge in [0.05, 0.1) is 12.1 Å². The zero-order valence-electron chi connectivity index (χ0n) is 6.96. The Morgan fingerprint density at radius 2 is 2.29 bits per heavy atom. The zero-order valence-corrected chi connectivity index (χ0v) is 7.71. The van der Waals surface area contributed by atoms with E-state index in [1.54, 1.807) is 0 Å². The first-order valence-electron chi connectivity index (χ1n) is 3.89. The summed E-state index contributed by atoms with van der Waals surface area (Å²) in [5, 5.41) is 0. The van der Waals surface area contributed by atoms with Crippen LogP contribution in [0.1, 0.15) is 12.0 Å². The summed E-state index contributed by atoms with van der Waals surface area (Å²) < 4.78 is 21.1. The van der Waals surface area contributed by atoms with E-state index in [1.807, 2.05) is 0 Å². The summed E-state index contributed by atoms with van der Waals surface area (Å²) in [6.07, 6.45) is -0.0278. The predicted molar refractivity (Wildman–Crippen MR) is 49.0 cm³/mol. The van der Waals surface area contributed by atoms with Gasteiger partial charge in [0, 0.05) is 17.3 Å². The fourth-order valence-corrected chi connectivity index (χ4v) is 1.43. The number of benzene rings is 1. The fraction of sp³-hybridized carbons (Fsp3) is 0.111. The molecule has 0 saturated heterocycles. The average molecular weight is 214 g/mol. The van der Waals surface area contributed by atoms with Crippen molar-refractivity contribution in [2.24, 2.45) is 4.51 Å². The van der Waals surface area contributed by atoms with Crippen molar-refractivity contribution in [3.63, 3.8) is 0 Å². The lowest BCUT2D eigenvalue weighted by molar-refractivity contribution is -0.133. The summed E-state index contributed by atoms with van der Waals surface area (Å²) in [5.41, 5.74) is 0.761. The molecule has 14 heavy (non-hydrogen) atoms. The quantitative estimate of drug-likeness (QED) is 0.489. The SMILES string of the molecule is O=C1CC(=NCl)c2cc(F)ccc2O1. The molecule has 72 valence electrons. The molecule has 0 fully saturated rings. The van der Waals surface area contributed by atoms with Gasteiger partial charge in [0.15, 0.2) is 0 Å². The Kier molecular flexibility index (Phi) is 2.21. The van der Waals surface area contributed by atoms with E-state index >= 15 is 0 Å². The number of hydrogen-bond donors (Lipinski definition) is 0. The van der Waals surface area contributed by atoms with Gasteiger partial charge in [-0.3, -0.25) is 4.79 Å². The highest BCUT2D eigenvalue weighted by Crippen LogP contribution is 2.26. The monoisotopic (exact) mass is 213 g/mol. The number of nitrogens with zero attached hydrogens (tertiary/aromatic N) is 1. The molecule has 0 bridgehead atoms. The second-order valence-electron chi connectivity index (χ2n) is 2.82. The van der Waals surface area contributed by atoms with E-state index in [4.69, 9.17) is 16.5 Å². The number of esters is 1. The summed E-state index contributed by atoms with van der Waals surface area (Å²) in [7, 11) is 0. The minimum absolute atomic E-state index is 0.0278. The molecular weight excluding hydrogens is 209 g/mol. The Morgan fingerprint density at radius 1 is 1.50 bits per heavy atom. The Hall–Kier alpha value is -1.42. The van der Waals surface area contributed by atoms with Crippen molar-refractivity contribution in [2.75, 3.05) is 0 Å². The van der Waals surface area contributed by atoms with E-state index in [0.717, 1.165) is 0 Å². The van der Waals surface area contributed by atoms with Crippen LogP contribution in [0.15, 0.2) is 22.7 Å². The van der Waals surface area contributed by atoms with Gasteiger partial charge < -0.3 is 4.74 Å². The van der Waals surface area contributed by atoms with E-state index in [9.17, 15) is 9.18 Å². The summed E-state index contributed by atoms with van der Waals surface area (Å²) in [6, 6.07) is 3.83. The molecule has 0 atom stereocenters. The molecule has 0 amide bonds. The molecule has 1 aliphatic heterocycles. The highest BCUT2D eigenvalue weighted by molar-refractivity contribution is 6.26. The maximum atomic E-state index is 12.9. The Bertz CT molecular complexity index is 431. The Labute approximate surface area is 84.3 Å². The van der Waals surface area contributed by atoms with Gasteiger partial charge >= 0.3 is 5.97 Å². The van der Waals surface area contributed by atoms with Gasteiger partial charge in [0.2, 0.25) is 0 Å². The van der Waals surface area contributed by atoms with Crippen LogP contribution >= 0.6 is 11.8 Å². The van der Waals surface area contributed by atoms with Crippen molar-refractivity contribution in [3.8, 4) is 5.75 Å². The summed E-state index contributed by atoms with van der Waals surface area (Å²) in [5.74, 6) is -0.565. The van der Waals surface area contributed by atoms with E-state index in [1.165, 1.54) is 18.2 Å². The molecule has 0 aliphatic carbocycles. The van der Waals surface area contributed by atoms with Gasteiger partial charge in [-0.15, -0.1) is 0 Å². The van der Waals surface area contributed by atoms with Crippen LogP contribution in [0.3, 0.4) is 0 Å². The van der Waals surface area contributed by atoms with Crippen LogP contribution in [-0.2, 0) is 4.79 Å². The molecule has 1 aromatic rings. The van der Waals surface area contributed by atoms with Gasteiger partial charge in [-0.2, -0.15) is 4.51 Å². The van der Waals surface area contributed by atoms with Crippen molar-refractivity contribution in [1.82, 2.24) is 0 Å². The molecule has 0 spiro atoms. The molecule has 5 heteroatoms. The molecule has 0 aromatic heterocycles. The molecule has 1 heterocycles. The number of halogens is 2. The van der Waals surface area contributed by atoms with Crippen LogP contribution < -0.4 is 4.74 Å². The maximum Gasteiger partial charge on any atom is 0.317 e. The standard InChI is InChI=1S/C9H5ClFNO2/c10-12-7-4-9(13)14-8-2-1-5(11)3-6(7)8/h1-3H,4H2. The van der Waals surface area contributed by atoms with Crippen molar-refractivity contribution in [2.45, 2.75) is 6.42 Å². The lowest BCUT2D eigenvalue weighted by Gasteiger charge is -2.16. The van der Waals surface area contributed by atoms with Crippen LogP contribution in [0.25, 0.3) is 0 Å². The van der Waals surface area contributed by atoms with Gasteiger partial charge in [-0.1, -0.05) is 0 Å². The number of fused-ring (bicyclic) bond motifs is 1. The predicted octanol–water partition coefficient (Wildman–Crippen LogP) is 2.08. The van der Waals surface area contributed by atoms with Crippen molar-refractivity contribution in [3.05, 3.63) is 29.6 Å². The lowest BCUT2D eigenvalue weighted by Crippen LogP contribution is -2.21. The number of ether oxygens (including phenoxy) is 1. The molecule has 3 nitrogen and oxygen atoms in total. The van der Waals surface area contributed by atoms with E-state index in [2.05, 4.69) is 4.51 Å². The highest BCUT2D eigenvalue weighted by atomic mass is 35.5. The van der Waals surface area contributed by atoms with Crippen LogP contribution in [0.4, 0.5) is 4.39 Å². The van der Waals surface area contributed by atoms with Crippen molar-refractivity contribution < 1.29 is 13.9 Å². The maximum absolute atomic E-state index is 12.9. The first kappa shape index (κ1) is 9.15. The van der Waals surface area contributed by atoms with Gasteiger partial charge in [-0.25, -0.2) is 4.39 Å². The summed E-state index contributed by atoms with van der Waals surface area (Å²) >= 11 is 5.28. The van der Waals surface area contributed by atoms with Gasteiger partial charge in [0.1, 0.15) is 11.6 Å². The highest BCUT2D eigenvalue weighted by Gasteiger charge is 2.23. The lowest BCUT2D eigenvalue weighted by atomic mass is 10.0. The van der Waals surface area contributed by atoms with Crippen LogP contribution in [-0.4, -0.2) is 11.7 Å². The van der Waals surface area contributed by atoms with E-state index in [-0.39, 0.29) is 6.42 Å². The molecule has 1 aliphatic rings. The third-order valence-corrected chi connectivity index (χ3v) is 2.09. The van der Waals surface area contributed by atoms with Crippen LogP contribution in [0.2, 0.25) is 0 Å². The molecule has 1 aromatic carbocycles. The molecule has 0 radical (unpaired) electrons. The second-order valence-corrected chi connectivity index (χ2v) is 2.99. The average Bonchev–Trinajstić information content (AvgIpc) is 2.17. The number of carbonyl (C=O) groups excluding carboxylic acids is 1. The van der Waals surface area contributed by atoms with Gasteiger partial charge in [-0.05, 0) is 18.2 Å². The minimum atomic E-state index is -0.441. The molecule has 0 N–H and O–H groups in total. The summed E-state index contributed by atoms with van der Waals surface area (Å²) in [4.78, 5) is 11.0. The van der Waals surface area contributed by atoms with Crippen LogP contribution in [0, 0.1) is 5.82 Å². The first-order valence-corrected chi connectivity index (χ1v) is 4.23. The summed E-state index contributed by atoms with van der Waals surface area (Å²) in [6.45, 7) is 0. The zero-order chi connectivity index (χ0) is 10.1. The van der Waals surface area contributed by atoms with E-state index in [0.29, 0.717) is 17.0 Å². The van der Waals surface area contributed by atoms with Gasteiger partial charge in [0.25, 0.3) is 0 Å². The molecular formula is C9H5ClFNO2. The fourth-order valence-electron chi connectivity index (χ4n) is 1.28. The molecule has 0 saturated carbocycles. The second kappa shape index (κ2) is 3.38. The first-order chi connectivity index (χ1) is 6.70. The Balaban J connectivity index is 2.57. The number of hydrogen-bond acceptors (Lipinski definition) is 3. The van der Waals surface area contributed by atoms with Crippen molar-refractivity contribution in [1.29, 1.82) is 0 Å². The third-order valence-electron chi connectivity index (χ3n) is 1.89. The molecule has 2 rings (SSSR count). The van der Waals surface area contributed by atoms with Crippen LogP contribution in [0.5, 0.6) is 5.75 Å². The smallest absolute Gasteiger partial charge is 0.317 e. The Morgan fingerprint density at radius 3 is 3.00 bits per heavy atom. The number of carbonyl (C=O) groups is 1. The number of rotatable bonds is 0. The third kappa shape index (κ3) is 1.48. The van der Waals surface area contributed by atoms with Crippen molar-refractivity contribution >= 4 is 23.5 Å². The minimum Gasteiger partial charge on any atom is -0.426 e. The largest absolute Gasteiger partial charge is 0.426 e. The van der Waals surface area contributed by atoms with E-state index < -0.39 is 11.8 Å². The topological polar surface area (TPSA) is 38.7 Å². The normalized spacial score (nSPS) is 17.9.